The second kappa shape index (κ2) is 2.84. The summed E-state index contributed by atoms with van der Waals surface area (Å²) in [4.78, 5) is 10.7. The first-order valence-corrected chi connectivity index (χ1v) is 3.12. The fourth-order valence-corrected chi connectivity index (χ4v) is 0.812. The van der Waals surface area contributed by atoms with E-state index in [-0.39, 0.29) is 5.56 Å². The Hall–Kier alpha value is -0.830. The Morgan fingerprint density at radius 2 is 2.20 bits per heavy atom. The first kappa shape index (κ1) is 7.28. The zero-order chi connectivity index (χ0) is 7.56. The van der Waals surface area contributed by atoms with Gasteiger partial charge in [-0.05, 0) is 18.2 Å². The van der Waals surface area contributed by atoms with Crippen molar-refractivity contribution in [3.05, 3.63) is 29.6 Å². The van der Waals surface area contributed by atoms with Crippen LogP contribution in [0.4, 0.5) is 4.39 Å². The van der Waals surface area contributed by atoms with Crippen LogP contribution in [-0.4, -0.2) is 6.29 Å². The molecule has 0 radical (unpaired) electrons. The summed E-state index contributed by atoms with van der Waals surface area (Å²) in [5.41, 5.74) is 0.281. The van der Waals surface area contributed by atoms with Crippen LogP contribution in [0.15, 0.2) is 23.1 Å². The van der Waals surface area contributed by atoms with Gasteiger partial charge in [-0.15, -0.1) is 12.6 Å². The molecule has 0 amide bonds. The van der Waals surface area contributed by atoms with Gasteiger partial charge in [0.1, 0.15) is 5.82 Å². The van der Waals surface area contributed by atoms with Crippen LogP contribution in [0.2, 0.25) is 0 Å². The van der Waals surface area contributed by atoms with E-state index in [2.05, 4.69) is 12.6 Å². The predicted molar refractivity (Wildman–Crippen MR) is 39.0 cm³/mol. The Kier molecular flexibility index (Phi) is 2.06. The molecule has 0 spiro atoms. The van der Waals surface area contributed by atoms with Gasteiger partial charge in [0.05, 0.1) is 0 Å². The van der Waals surface area contributed by atoms with Gasteiger partial charge in [0.2, 0.25) is 0 Å². The van der Waals surface area contributed by atoms with E-state index in [9.17, 15) is 9.18 Å². The minimum atomic E-state index is -0.417. The molecule has 0 saturated heterocycles. The molecule has 0 aliphatic carbocycles. The van der Waals surface area contributed by atoms with E-state index in [1.165, 1.54) is 12.1 Å². The Labute approximate surface area is 63.3 Å². The number of benzene rings is 1. The summed E-state index contributed by atoms with van der Waals surface area (Å²) in [7, 11) is 0. The molecular formula is C7H5FOS. The van der Waals surface area contributed by atoms with E-state index in [1.54, 1.807) is 0 Å². The molecule has 0 N–H and O–H groups in total. The Morgan fingerprint density at radius 1 is 1.50 bits per heavy atom. The van der Waals surface area contributed by atoms with Gasteiger partial charge >= 0.3 is 0 Å². The van der Waals surface area contributed by atoms with E-state index in [4.69, 9.17) is 0 Å². The highest BCUT2D eigenvalue weighted by Gasteiger charge is 1.97. The summed E-state index contributed by atoms with van der Waals surface area (Å²) in [5.74, 6) is -0.417. The van der Waals surface area contributed by atoms with Crippen molar-refractivity contribution in [3.63, 3.8) is 0 Å². The molecule has 1 aromatic carbocycles. The highest BCUT2D eigenvalue weighted by Crippen LogP contribution is 2.12. The van der Waals surface area contributed by atoms with Crippen molar-refractivity contribution in [1.82, 2.24) is 0 Å². The van der Waals surface area contributed by atoms with Crippen molar-refractivity contribution < 1.29 is 9.18 Å². The van der Waals surface area contributed by atoms with E-state index >= 15 is 0 Å². The largest absolute Gasteiger partial charge is 0.298 e. The summed E-state index contributed by atoms with van der Waals surface area (Å²) in [6, 6.07) is 3.85. The number of thiol groups is 1. The second-order valence-electron chi connectivity index (χ2n) is 1.82. The minimum Gasteiger partial charge on any atom is -0.298 e. The van der Waals surface area contributed by atoms with Gasteiger partial charge in [-0.1, -0.05) is 0 Å². The molecule has 0 saturated carbocycles. The zero-order valence-corrected chi connectivity index (χ0v) is 5.94. The summed E-state index contributed by atoms with van der Waals surface area (Å²) in [5, 5.41) is 0. The van der Waals surface area contributed by atoms with Crippen molar-refractivity contribution >= 4 is 18.9 Å². The molecule has 1 rings (SSSR count). The van der Waals surface area contributed by atoms with Crippen molar-refractivity contribution in [3.8, 4) is 0 Å². The smallest absolute Gasteiger partial charge is 0.151 e. The lowest BCUT2D eigenvalue weighted by Gasteiger charge is -1.94. The van der Waals surface area contributed by atoms with Crippen molar-refractivity contribution in [2.75, 3.05) is 0 Å². The topological polar surface area (TPSA) is 17.1 Å². The summed E-state index contributed by atoms with van der Waals surface area (Å²) < 4.78 is 12.3. The van der Waals surface area contributed by atoms with Gasteiger partial charge in [0.15, 0.2) is 6.29 Å². The maximum Gasteiger partial charge on any atom is 0.151 e. The fraction of sp³-hybridized carbons (Fsp3) is 0. The van der Waals surface area contributed by atoms with Gasteiger partial charge in [-0.3, -0.25) is 4.79 Å². The SMILES string of the molecule is O=Cc1cc(F)ccc1S. The van der Waals surface area contributed by atoms with Gasteiger partial charge in [0, 0.05) is 10.5 Å². The second-order valence-corrected chi connectivity index (χ2v) is 2.30. The average Bonchev–Trinajstić information content (AvgIpc) is 1.94. The molecular weight excluding hydrogens is 151 g/mol. The highest BCUT2D eigenvalue weighted by molar-refractivity contribution is 7.80. The minimum absolute atomic E-state index is 0.281. The van der Waals surface area contributed by atoms with Crippen molar-refractivity contribution in [2.45, 2.75) is 4.90 Å². The number of rotatable bonds is 1. The van der Waals surface area contributed by atoms with Gasteiger partial charge in [-0.25, -0.2) is 4.39 Å². The maximum absolute atomic E-state index is 12.3. The normalized spacial score (nSPS) is 9.40. The Morgan fingerprint density at radius 3 is 2.70 bits per heavy atom. The van der Waals surface area contributed by atoms with Crippen LogP contribution in [0.5, 0.6) is 0 Å². The van der Waals surface area contributed by atoms with Crippen LogP contribution >= 0.6 is 12.6 Å². The predicted octanol–water partition coefficient (Wildman–Crippen LogP) is 1.93. The lowest BCUT2D eigenvalue weighted by atomic mass is 10.2. The van der Waals surface area contributed by atoms with Crippen LogP contribution in [0.3, 0.4) is 0 Å². The summed E-state index contributed by atoms with van der Waals surface area (Å²) >= 11 is 3.93. The summed E-state index contributed by atoms with van der Waals surface area (Å²) in [6.07, 6.45) is 0.575. The molecule has 52 valence electrons. The lowest BCUT2D eigenvalue weighted by Crippen LogP contribution is -1.83. The maximum atomic E-state index is 12.3. The molecule has 0 heterocycles. The third-order valence-corrected chi connectivity index (χ3v) is 1.52. The monoisotopic (exact) mass is 156 g/mol. The molecule has 10 heavy (non-hydrogen) atoms. The Bertz CT molecular complexity index is 260. The molecule has 0 bridgehead atoms. The molecule has 0 aliphatic rings. The van der Waals surface area contributed by atoms with Crippen molar-refractivity contribution in [1.29, 1.82) is 0 Å². The van der Waals surface area contributed by atoms with E-state index in [1.807, 2.05) is 0 Å². The molecule has 1 nitrogen and oxygen atoms in total. The molecule has 1 aromatic rings. The van der Waals surface area contributed by atoms with E-state index in [0.717, 1.165) is 6.07 Å². The van der Waals surface area contributed by atoms with Gasteiger partial charge in [0.25, 0.3) is 0 Å². The van der Waals surface area contributed by atoms with Crippen LogP contribution in [0.1, 0.15) is 10.4 Å². The molecule has 0 aliphatic heterocycles. The van der Waals surface area contributed by atoms with E-state index < -0.39 is 5.82 Å². The molecule has 3 heteroatoms. The van der Waals surface area contributed by atoms with Crippen LogP contribution in [0, 0.1) is 5.82 Å². The quantitative estimate of drug-likeness (QED) is 0.485. The first-order valence-electron chi connectivity index (χ1n) is 2.68. The zero-order valence-electron chi connectivity index (χ0n) is 5.04. The molecule has 0 unspecified atom stereocenters. The van der Waals surface area contributed by atoms with Gasteiger partial charge in [-0.2, -0.15) is 0 Å². The molecule has 0 fully saturated rings. The number of halogens is 1. The van der Waals surface area contributed by atoms with Crippen LogP contribution in [-0.2, 0) is 0 Å². The average molecular weight is 156 g/mol. The van der Waals surface area contributed by atoms with Crippen LogP contribution < -0.4 is 0 Å². The number of carbonyl (C=O) groups excluding carboxylic acids is 1. The van der Waals surface area contributed by atoms with E-state index in [0.29, 0.717) is 11.2 Å². The van der Waals surface area contributed by atoms with Crippen molar-refractivity contribution in [2.24, 2.45) is 0 Å². The number of aldehydes is 1. The van der Waals surface area contributed by atoms with Gasteiger partial charge < -0.3 is 0 Å². The third-order valence-electron chi connectivity index (χ3n) is 1.12. The van der Waals surface area contributed by atoms with Crippen LogP contribution in [0.25, 0.3) is 0 Å². The lowest BCUT2D eigenvalue weighted by molar-refractivity contribution is 0.112. The molecule has 0 atom stereocenters. The number of hydrogen-bond donors (Lipinski definition) is 1. The molecule has 0 aromatic heterocycles. The summed E-state index contributed by atoms with van der Waals surface area (Å²) in [6.45, 7) is 0. The third kappa shape index (κ3) is 1.36. The fourth-order valence-electron chi connectivity index (χ4n) is 0.620. The number of hydrogen-bond acceptors (Lipinski definition) is 2. The first-order chi connectivity index (χ1) is 4.74. The Balaban J connectivity index is 3.21. The standard InChI is InChI=1S/C7H5FOS/c8-6-1-2-7(10)5(3-6)4-9/h1-4,10H. The highest BCUT2D eigenvalue weighted by atomic mass is 32.1. The number of carbonyl (C=O) groups is 1.